The first kappa shape index (κ1) is 16.1. The van der Waals surface area contributed by atoms with Crippen LogP contribution < -0.4 is 15.8 Å². The molecular weight excluding hydrogens is 286 g/mol. The summed E-state index contributed by atoms with van der Waals surface area (Å²) in [5.74, 6) is -1.29. The van der Waals surface area contributed by atoms with Crippen LogP contribution in [-0.2, 0) is 21.9 Å². The van der Waals surface area contributed by atoms with Gasteiger partial charge in [0.2, 0.25) is 15.9 Å². The fraction of sp³-hybridized carbons (Fsp3) is 0.500. The number of aryl methyl sites for hydroxylation is 2. The minimum atomic E-state index is -3.61. The number of rotatable bonds is 6. The van der Waals surface area contributed by atoms with E-state index >= 15 is 0 Å². The quantitative estimate of drug-likeness (QED) is 0.551. The van der Waals surface area contributed by atoms with E-state index in [2.05, 4.69) is 15.7 Å². The van der Waals surface area contributed by atoms with E-state index in [1.165, 1.54) is 4.68 Å². The van der Waals surface area contributed by atoms with Crippen LogP contribution in [-0.4, -0.2) is 48.9 Å². The lowest BCUT2D eigenvalue weighted by Gasteiger charge is -2.06. The molecule has 0 spiro atoms. The van der Waals surface area contributed by atoms with Gasteiger partial charge in [-0.05, 0) is 13.0 Å². The Bertz CT molecular complexity index is 607. The van der Waals surface area contributed by atoms with Crippen LogP contribution in [0.25, 0.3) is 0 Å². The van der Waals surface area contributed by atoms with Gasteiger partial charge in [-0.1, -0.05) is 0 Å². The number of sulfonamides is 1. The maximum absolute atomic E-state index is 11.7. The smallest absolute Gasteiger partial charge is 0.269 e. The minimum absolute atomic E-state index is 0.0989. The predicted molar refractivity (Wildman–Crippen MR) is 71.3 cm³/mol. The summed E-state index contributed by atoms with van der Waals surface area (Å²) in [4.78, 5) is 23.1. The van der Waals surface area contributed by atoms with E-state index < -0.39 is 21.8 Å². The van der Waals surface area contributed by atoms with Gasteiger partial charge in [-0.2, -0.15) is 5.10 Å². The Balaban J connectivity index is 2.38. The average Bonchev–Trinajstić information content (AvgIpc) is 2.64. The van der Waals surface area contributed by atoms with Gasteiger partial charge in [-0.15, -0.1) is 0 Å². The third-order valence-corrected chi connectivity index (χ3v) is 3.13. The van der Waals surface area contributed by atoms with E-state index in [0.29, 0.717) is 11.4 Å². The second kappa shape index (κ2) is 6.48. The molecule has 0 saturated carbocycles. The Morgan fingerprint density at radius 2 is 2.05 bits per heavy atom. The molecule has 1 heterocycles. The second-order valence-corrected chi connectivity index (χ2v) is 5.93. The zero-order valence-electron chi connectivity index (χ0n) is 11.2. The molecular formula is C10H17N5O4S. The van der Waals surface area contributed by atoms with Crippen molar-refractivity contribution in [1.29, 1.82) is 0 Å². The highest BCUT2D eigenvalue weighted by Crippen LogP contribution is 2.00. The van der Waals surface area contributed by atoms with Crippen molar-refractivity contribution in [3.8, 4) is 0 Å². The maximum atomic E-state index is 11.7. The molecule has 20 heavy (non-hydrogen) atoms. The van der Waals surface area contributed by atoms with E-state index in [1.807, 2.05) is 0 Å². The van der Waals surface area contributed by atoms with Crippen molar-refractivity contribution in [3.05, 3.63) is 17.5 Å². The molecule has 9 nitrogen and oxygen atoms in total. The van der Waals surface area contributed by atoms with Gasteiger partial charge in [-0.3, -0.25) is 14.3 Å². The first-order valence-electron chi connectivity index (χ1n) is 5.75. The average molecular weight is 303 g/mol. The van der Waals surface area contributed by atoms with Crippen molar-refractivity contribution in [2.24, 2.45) is 12.2 Å². The Morgan fingerprint density at radius 1 is 1.40 bits per heavy atom. The number of nitrogens with one attached hydrogen (secondary N) is 2. The summed E-state index contributed by atoms with van der Waals surface area (Å²) < 4.78 is 22.7. The molecule has 2 amide bonds. The summed E-state index contributed by atoms with van der Waals surface area (Å²) in [7, 11) is -1.99. The number of aromatic nitrogens is 2. The number of amides is 2. The SMILES string of the molecule is Cc1cc(C(=O)NCC(=O)NCCS(N)(=O)=O)n(C)n1. The fourth-order valence-electron chi connectivity index (χ4n) is 1.47. The van der Waals surface area contributed by atoms with Gasteiger partial charge in [-0.25, -0.2) is 13.6 Å². The molecule has 0 bridgehead atoms. The molecule has 0 aliphatic heterocycles. The fourth-order valence-corrected chi connectivity index (χ4v) is 1.86. The largest absolute Gasteiger partial charge is 0.353 e. The van der Waals surface area contributed by atoms with E-state index in [0.717, 1.165) is 0 Å². The Labute approximate surface area is 116 Å². The molecule has 1 rings (SSSR count). The molecule has 1 aromatic rings. The molecule has 10 heteroatoms. The molecule has 1 aromatic heterocycles. The number of nitrogens with zero attached hydrogens (tertiary/aromatic N) is 2. The highest BCUT2D eigenvalue weighted by atomic mass is 32.2. The van der Waals surface area contributed by atoms with Gasteiger partial charge >= 0.3 is 0 Å². The van der Waals surface area contributed by atoms with Crippen LogP contribution in [0.3, 0.4) is 0 Å². The molecule has 4 N–H and O–H groups in total. The van der Waals surface area contributed by atoms with Crippen LogP contribution in [0.5, 0.6) is 0 Å². The van der Waals surface area contributed by atoms with Crippen molar-refractivity contribution in [2.45, 2.75) is 6.92 Å². The molecule has 0 saturated heterocycles. The van der Waals surface area contributed by atoms with Gasteiger partial charge in [0, 0.05) is 13.6 Å². The number of carbonyl (C=O) groups is 2. The Morgan fingerprint density at radius 3 is 2.55 bits per heavy atom. The van der Waals surface area contributed by atoms with Crippen molar-refractivity contribution in [2.75, 3.05) is 18.8 Å². The van der Waals surface area contributed by atoms with Crippen LogP contribution in [0.2, 0.25) is 0 Å². The third-order valence-electron chi connectivity index (χ3n) is 2.35. The van der Waals surface area contributed by atoms with Gasteiger partial charge in [0.15, 0.2) is 0 Å². The van der Waals surface area contributed by atoms with Crippen LogP contribution in [0.4, 0.5) is 0 Å². The van der Waals surface area contributed by atoms with E-state index in [4.69, 9.17) is 5.14 Å². The lowest BCUT2D eigenvalue weighted by atomic mass is 10.3. The van der Waals surface area contributed by atoms with Crippen LogP contribution in [0.1, 0.15) is 16.2 Å². The van der Waals surface area contributed by atoms with Crippen LogP contribution in [0.15, 0.2) is 6.07 Å². The monoisotopic (exact) mass is 303 g/mol. The Hall–Kier alpha value is -1.94. The number of carbonyl (C=O) groups excluding carboxylic acids is 2. The molecule has 0 aromatic carbocycles. The standard InChI is InChI=1S/C10H17N5O4S/c1-7-5-8(15(2)14-7)10(17)13-6-9(16)12-3-4-20(11,18)19/h5H,3-4,6H2,1-2H3,(H,12,16)(H,13,17)(H2,11,18,19). The zero-order valence-corrected chi connectivity index (χ0v) is 12.0. The van der Waals surface area contributed by atoms with Gasteiger partial charge in [0.25, 0.3) is 5.91 Å². The first-order chi connectivity index (χ1) is 9.19. The van der Waals surface area contributed by atoms with Crippen molar-refractivity contribution in [1.82, 2.24) is 20.4 Å². The topological polar surface area (TPSA) is 136 Å². The Kier molecular flexibility index (Phi) is 5.22. The van der Waals surface area contributed by atoms with Crippen molar-refractivity contribution in [3.63, 3.8) is 0 Å². The lowest BCUT2D eigenvalue weighted by Crippen LogP contribution is -2.39. The predicted octanol–water partition coefficient (Wildman–Crippen LogP) is -2.14. The molecule has 0 aliphatic rings. The summed E-state index contributed by atoms with van der Waals surface area (Å²) in [6.45, 7) is 1.39. The second-order valence-electron chi connectivity index (χ2n) is 4.19. The van der Waals surface area contributed by atoms with Gasteiger partial charge < -0.3 is 10.6 Å². The third kappa shape index (κ3) is 5.36. The van der Waals surface area contributed by atoms with E-state index in [-0.39, 0.29) is 18.8 Å². The highest BCUT2D eigenvalue weighted by molar-refractivity contribution is 7.89. The normalized spacial score (nSPS) is 11.2. The molecule has 0 unspecified atom stereocenters. The molecule has 0 fully saturated rings. The number of nitrogens with two attached hydrogens (primary N) is 1. The van der Waals surface area contributed by atoms with Crippen molar-refractivity contribution < 1.29 is 18.0 Å². The number of hydrogen-bond donors (Lipinski definition) is 3. The van der Waals surface area contributed by atoms with Crippen LogP contribution >= 0.6 is 0 Å². The maximum Gasteiger partial charge on any atom is 0.269 e. The summed E-state index contributed by atoms with van der Waals surface area (Å²) >= 11 is 0. The first-order valence-corrected chi connectivity index (χ1v) is 7.46. The molecule has 0 aliphatic carbocycles. The van der Waals surface area contributed by atoms with E-state index in [9.17, 15) is 18.0 Å². The molecule has 0 atom stereocenters. The minimum Gasteiger partial charge on any atom is -0.353 e. The summed E-state index contributed by atoms with van der Waals surface area (Å²) in [6, 6.07) is 1.59. The summed E-state index contributed by atoms with van der Waals surface area (Å²) in [5.41, 5.74) is 1.02. The van der Waals surface area contributed by atoms with Gasteiger partial charge in [0.05, 0.1) is 18.0 Å². The number of hydrogen-bond acceptors (Lipinski definition) is 5. The lowest BCUT2D eigenvalue weighted by molar-refractivity contribution is -0.120. The van der Waals surface area contributed by atoms with Crippen LogP contribution in [0, 0.1) is 6.92 Å². The van der Waals surface area contributed by atoms with E-state index in [1.54, 1.807) is 20.0 Å². The van der Waals surface area contributed by atoms with Gasteiger partial charge in [0.1, 0.15) is 5.69 Å². The zero-order chi connectivity index (χ0) is 15.3. The number of primary sulfonamides is 1. The molecule has 112 valence electrons. The highest BCUT2D eigenvalue weighted by Gasteiger charge is 2.13. The summed E-state index contributed by atoms with van der Waals surface area (Å²) in [6.07, 6.45) is 0. The van der Waals surface area contributed by atoms with Crippen molar-refractivity contribution >= 4 is 21.8 Å². The summed E-state index contributed by atoms with van der Waals surface area (Å²) in [5, 5.41) is 13.5. The molecule has 0 radical (unpaired) electrons.